The first-order chi connectivity index (χ1) is 10.2. The molecule has 21 heavy (non-hydrogen) atoms. The molecule has 2 N–H and O–H groups in total. The highest BCUT2D eigenvalue weighted by Gasteiger charge is 2.09. The van der Waals surface area contributed by atoms with E-state index in [9.17, 15) is 10.5 Å². The van der Waals surface area contributed by atoms with Gasteiger partial charge in [0.2, 0.25) is 0 Å². The van der Waals surface area contributed by atoms with E-state index in [0.29, 0.717) is 21.5 Å². The third-order valence-electron chi connectivity index (χ3n) is 3.26. The fourth-order valence-corrected chi connectivity index (χ4v) is 2.28. The Morgan fingerprint density at radius 3 is 2.29 bits per heavy atom. The molecule has 1 heterocycles. The van der Waals surface area contributed by atoms with Crippen molar-refractivity contribution in [2.75, 3.05) is 0 Å². The summed E-state index contributed by atoms with van der Waals surface area (Å²) in [6.07, 6.45) is 1.42. The van der Waals surface area contributed by atoms with Crippen molar-refractivity contribution >= 4 is 11.0 Å². The molecule has 0 atom stereocenters. The first kappa shape index (κ1) is 12.3. The first-order valence-corrected chi connectivity index (χ1v) is 5.92. The lowest BCUT2D eigenvalue weighted by Crippen LogP contribution is -2.00. The van der Waals surface area contributed by atoms with Gasteiger partial charge in [-0.2, -0.15) is 15.8 Å². The molecule has 0 amide bonds. The van der Waals surface area contributed by atoms with E-state index in [-0.39, 0.29) is 22.0 Å². The minimum Gasteiger partial charge on any atom is -0.343 e. The monoisotopic (exact) mass is 270 g/mol. The zero-order valence-corrected chi connectivity index (χ0v) is 10.6. The molecular formula is C15H6N6. The third-order valence-corrected chi connectivity index (χ3v) is 3.26. The number of nitriles is 3. The largest absolute Gasteiger partial charge is 0.343 e. The van der Waals surface area contributed by atoms with Gasteiger partial charge in [0.1, 0.15) is 23.7 Å². The molecule has 0 aliphatic heterocycles. The van der Waals surface area contributed by atoms with E-state index >= 15 is 0 Å². The van der Waals surface area contributed by atoms with Gasteiger partial charge in [0.15, 0.2) is 0 Å². The van der Waals surface area contributed by atoms with Gasteiger partial charge in [-0.1, -0.05) is 0 Å². The second-order valence-corrected chi connectivity index (χ2v) is 4.38. The average molecular weight is 270 g/mol. The van der Waals surface area contributed by atoms with Crippen LogP contribution in [0, 0.1) is 49.8 Å². The Bertz CT molecular complexity index is 1130. The smallest absolute Gasteiger partial charge is 0.107 e. The molecule has 6 heteroatoms. The minimum absolute atomic E-state index is 0.0526. The predicted molar refractivity (Wildman–Crippen MR) is 71.4 cm³/mol. The van der Waals surface area contributed by atoms with Crippen LogP contribution in [0.3, 0.4) is 0 Å². The molecule has 1 aromatic rings. The molecular weight excluding hydrogens is 264 g/mol. The molecule has 1 aromatic heterocycles. The molecule has 0 aromatic carbocycles. The van der Waals surface area contributed by atoms with Crippen molar-refractivity contribution < 1.29 is 0 Å². The van der Waals surface area contributed by atoms with E-state index in [2.05, 4.69) is 9.97 Å². The van der Waals surface area contributed by atoms with Crippen molar-refractivity contribution in [1.82, 2.24) is 9.97 Å². The fraction of sp³-hybridized carbons (Fsp3) is 0. The zero-order valence-electron chi connectivity index (χ0n) is 10.6. The molecule has 0 bridgehead atoms. The molecule has 2 aliphatic rings. The first-order valence-electron chi connectivity index (χ1n) is 5.92. The van der Waals surface area contributed by atoms with Gasteiger partial charge in [-0.15, -0.1) is 0 Å². The number of aromatic nitrogens is 2. The number of imidazole rings is 1. The Labute approximate surface area is 118 Å². The molecule has 0 fully saturated rings. The summed E-state index contributed by atoms with van der Waals surface area (Å²) in [5.41, 5.74) is 1.59. The Morgan fingerprint density at radius 1 is 0.952 bits per heavy atom. The lowest BCUT2D eigenvalue weighted by Gasteiger charge is -1.92. The van der Waals surface area contributed by atoms with Crippen LogP contribution in [0.2, 0.25) is 0 Å². The zero-order chi connectivity index (χ0) is 15.0. The lowest BCUT2D eigenvalue weighted by atomic mass is 10.1. The summed E-state index contributed by atoms with van der Waals surface area (Å²) in [4.78, 5) is 6.92. The second kappa shape index (κ2) is 4.45. The number of nitrogens with one attached hydrogen (secondary N) is 2. The van der Waals surface area contributed by atoms with Crippen molar-refractivity contribution in [1.29, 1.82) is 21.2 Å². The van der Waals surface area contributed by atoms with Crippen molar-refractivity contribution in [3.8, 4) is 18.2 Å². The Morgan fingerprint density at radius 2 is 1.62 bits per heavy atom. The quantitative estimate of drug-likeness (QED) is 0.640. The van der Waals surface area contributed by atoms with Gasteiger partial charge in [0.05, 0.1) is 33.9 Å². The number of H-pyrrole nitrogens is 1. The van der Waals surface area contributed by atoms with Crippen molar-refractivity contribution in [3.63, 3.8) is 0 Å². The van der Waals surface area contributed by atoms with Crippen LogP contribution in [0.25, 0.3) is 11.0 Å². The molecule has 6 nitrogen and oxygen atoms in total. The Kier molecular flexibility index (Phi) is 2.62. The van der Waals surface area contributed by atoms with Gasteiger partial charge in [0, 0.05) is 5.22 Å². The number of rotatable bonds is 0. The van der Waals surface area contributed by atoms with Gasteiger partial charge in [-0.25, -0.2) is 4.98 Å². The van der Waals surface area contributed by atoms with E-state index in [4.69, 9.17) is 10.7 Å². The number of hydrogen-bond donors (Lipinski definition) is 2. The van der Waals surface area contributed by atoms with Crippen LogP contribution in [0.5, 0.6) is 0 Å². The Hall–Kier alpha value is -3.69. The van der Waals surface area contributed by atoms with Crippen molar-refractivity contribution in [2.24, 2.45) is 0 Å². The van der Waals surface area contributed by atoms with Crippen LogP contribution in [0.4, 0.5) is 0 Å². The maximum Gasteiger partial charge on any atom is 0.107 e. The maximum atomic E-state index is 9.32. The van der Waals surface area contributed by atoms with E-state index in [1.165, 1.54) is 12.4 Å². The maximum absolute atomic E-state index is 9.32. The van der Waals surface area contributed by atoms with Crippen molar-refractivity contribution in [2.45, 2.75) is 0 Å². The topological polar surface area (TPSA) is 124 Å². The normalized spacial score (nSPS) is 9.95. The standard InChI is InChI=1S/C15H6N6/c16-4-9-1-8-2-10(5-17)14-15(21-7-20-14)11(6-18)3-12(8)13(9)19/h1-3,7,19H,(H,20,21). The fourth-order valence-electron chi connectivity index (χ4n) is 2.28. The summed E-state index contributed by atoms with van der Waals surface area (Å²) < 4.78 is 0. The molecule has 0 unspecified atom stereocenters. The van der Waals surface area contributed by atoms with Gasteiger partial charge in [0.25, 0.3) is 0 Å². The highest BCUT2D eigenvalue weighted by Crippen LogP contribution is 2.17. The summed E-state index contributed by atoms with van der Waals surface area (Å²) >= 11 is 0. The summed E-state index contributed by atoms with van der Waals surface area (Å²) in [7, 11) is 0. The molecule has 2 aliphatic carbocycles. The van der Waals surface area contributed by atoms with Gasteiger partial charge in [-0.05, 0) is 23.4 Å². The van der Waals surface area contributed by atoms with Gasteiger partial charge >= 0.3 is 0 Å². The van der Waals surface area contributed by atoms with Crippen LogP contribution < -0.4 is 5.36 Å². The van der Waals surface area contributed by atoms with Crippen LogP contribution in [-0.2, 0) is 0 Å². The van der Waals surface area contributed by atoms with Crippen LogP contribution in [0.1, 0.15) is 16.7 Å². The molecule has 0 saturated carbocycles. The summed E-state index contributed by atoms with van der Waals surface area (Å²) in [5.74, 6) is 0. The van der Waals surface area contributed by atoms with Crippen LogP contribution >= 0.6 is 0 Å². The summed E-state index contributed by atoms with van der Waals surface area (Å²) in [5, 5.41) is 36.7. The minimum atomic E-state index is 0.0526. The average Bonchev–Trinajstić information content (AvgIpc) is 3.06. The second-order valence-electron chi connectivity index (χ2n) is 4.38. The van der Waals surface area contributed by atoms with E-state index in [1.807, 2.05) is 18.2 Å². The van der Waals surface area contributed by atoms with Crippen LogP contribution in [-0.4, -0.2) is 9.97 Å². The lowest BCUT2D eigenvalue weighted by molar-refractivity contribution is 1.24. The van der Waals surface area contributed by atoms with E-state index in [1.54, 1.807) is 12.1 Å². The van der Waals surface area contributed by atoms with Gasteiger partial charge in [-0.3, -0.25) is 5.41 Å². The molecule has 0 spiro atoms. The summed E-state index contributed by atoms with van der Waals surface area (Å²) in [6.45, 7) is 0. The SMILES string of the molecule is N#Cc1cc2cc(C#N)c3nc[nH]c3c(C#N)cc=2c1=N. The number of aromatic amines is 1. The number of nitrogens with zero attached hydrogens (tertiary/aromatic N) is 4. The summed E-state index contributed by atoms with van der Waals surface area (Å²) in [6, 6.07) is 10.7. The Balaban J connectivity index is 2.74. The third kappa shape index (κ3) is 1.70. The highest BCUT2D eigenvalue weighted by atomic mass is 14.9. The predicted octanol–water partition coefficient (Wildman–Crippen LogP) is 1.38. The molecule has 96 valence electrons. The van der Waals surface area contributed by atoms with Gasteiger partial charge < -0.3 is 4.98 Å². The number of hydrogen-bond acceptors (Lipinski definition) is 5. The molecule has 0 saturated heterocycles. The van der Waals surface area contributed by atoms with Crippen molar-refractivity contribution in [3.05, 3.63) is 57.0 Å². The van der Waals surface area contributed by atoms with E-state index < -0.39 is 0 Å². The molecule has 3 rings (SSSR count). The van der Waals surface area contributed by atoms with Crippen LogP contribution in [0.15, 0.2) is 24.5 Å². The highest BCUT2D eigenvalue weighted by molar-refractivity contribution is 5.84. The molecule has 0 radical (unpaired) electrons. The van der Waals surface area contributed by atoms with E-state index in [0.717, 1.165) is 0 Å². The number of fused-ring (bicyclic) bond motifs is 1.